The second-order valence-electron chi connectivity index (χ2n) is 4.49. The predicted molar refractivity (Wildman–Crippen MR) is 76.8 cm³/mol. The molecule has 0 spiro atoms. The van der Waals surface area contributed by atoms with E-state index >= 15 is 0 Å². The number of nitrogens with one attached hydrogen (secondary N) is 1. The fraction of sp³-hybridized carbons (Fsp3) is 0.133. The van der Waals surface area contributed by atoms with Crippen molar-refractivity contribution in [1.82, 2.24) is 14.8 Å². The Hall–Kier alpha value is -2.89. The molecular weight excluding hydrogens is 270 g/mol. The lowest BCUT2D eigenvalue weighted by Gasteiger charge is -2.02. The van der Waals surface area contributed by atoms with Gasteiger partial charge in [0, 0.05) is 28.9 Å². The smallest absolute Gasteiger partial charge is 0.341 e. The molecule has 3 rings (SSSR count). The zero-order valence-electron chi connectivity index (χ0n) is 11.4. The number of fused-ring (bicyclic) bond motifs is 1. The number of hydrogen-bond acceptors (Lipinski definition) is 4. The van der Waals surface area contributed by atoms with Gasteiger partial charge in [-0.3, -0.25) is 4.79 Å². The fourth-order valence-electron chi connectivity index (χ4n) is 2.15. The molecule has 0 amide bonds. The highest BCUT2D eigenvalue weighted by Gasteiger charge is 2.11. The Morgan fingerprint density at radius 2 is 2.33 bits per heavy atom. The van der Waals surface area contributed by atoms with Crippen LogP contribution in [0.5, 0.6) is 0 Å². The number of H-pyrrole nitrogens is 1. The molecule has 1 aromatic carbocycles. The van der Waals surface area contributed by atoms with Gasteiger partial charge in [0.25, 0.3) is 0 Å². The van der Waals surface area contributed by atoms with Crippen LogP contribution in [0.1, 0.15) is 27.6 Å². The van der Waals surface area contributed by atoms with Crippen LogP contribution in [0.2, 0.25) is 0 Å². The maximum absolute atomic E-state index is 11.6. The van der Waals surface area contributed by atoms with E-state index in [1.807, 2.05) is 18.2 Å². The average Bonchev–Trinajstić information content (AvgIpc) is 3.13. The van der Waals surface area contributed by atoms with Crippen molar-refractivity contribution in [2.45, 2.75) is 6.92 Å². The summed E-state index contributed by atoms with van der Waals surface area (Å²) in [6.07, 6.45) is 5.52. The average molecular weight is 283 g/mol. The molecule has 0 aliphatic rings. The Kier molecular flexibility index (Phi) is 3.27. The minimum atomic E-state index is -0.403. The normalized spacial score (nSPS) is 10.7. The lowest BCUT2D eigenvalue weighted by Crippen LogP contribution is -2.03. The summed E-state index contributed by atoms with van der Waals surface area (Å²) in [6, 6.07) is 5.57. The van der Waals surface area contributed by atoms with Crippen molar-refractivity contribution >= 4 is 23.2 Å². The Labute approximate surface area is 120 Å². The molecule has 21 heavy (non-hydrogen) atoms. The maximum atomic E-state index is 11.6. The third-order valence-corrected chi connectivity index (χ3v) is 3.18. The molecule has 0 bridgehead atoms. The van der Waals surface area contributed by atoms with Gasteiger partial charge < -0.3 is 9.72 Å². The molecule has 0 fully saturated rings. The number of aldehydes is 1. The number of ether oxygens (including phenoxy) is 1. The minimum Gasteiger partial charge on any atom is -0.462 e. The Bertz CT molecular complexity index is 817. The third kappa shape index (κ3) is 2.31. The quantitative estimate of drug-likeness (QED) is 0.589. The summed E-state index contributed by atoms with van der Waals surface area (Å²) in [5.74, 6) is -0.403. The summed E-state index contributed by atoms with van der Waals surface area (Å²) in [6.45, 7) is 2.07. The number of hydrogen-bond donors (Lipinski definition) is 1. The zero-order chi connectivity index (χ0) is 14.8. The van der Waals surface area contributed by atoms with Gasteiger partial charge in [-0.15, -0.1) is 0 Å². The van der Waals surface area contributed by atoms with Crippen molar-refractivity contribution in [1.29, 1.82) is 0 Å². The van der Waals surface area contributed by atoms with Gasteiger partial charge in [-0.05, 0) is 25.1 Å². The van der Waals surface area contributed by atoms with Gasteiger partial charge >= 0.3 is 5.97 Å². The minimum absolute atomic E-state index is 0.321. The van der Waals surface area contributed by atoms with Crippen molar-refractivity contribution in [2.75, 3.05) is 6.61 Å². The largest absolute Gasteiger partial charge is 0.462 e. The molecular formula is C15H13N3O3. The first-order valence-corrected chi connectivity index (χ1v) is 6.51. The number of esters is 1. The standard InChI is InChI=1S/C15H13N3O3/c1-2-21-15(20)10-7-17-18(8-10)12-3-4-14-13(5-12)11(9-19)6-16-14/h3-9,16H,2H2,1H3. The number of aromatic amines is 1. The van der Waals surface area contributed by atoms with Crippen molar-refractivity contribution in [3.8, 4) is 5.69 Å². The molecule has 106 valence electrons. The van der Waals surface area contributed by atoms with Gasteiger partial charge in [-0.2, -0.15) is 5.10 Å². The van der Waals surface area contributed by atoms with Gasteiger partial charge in [0.1, 0.15) is 0 Å². The Morgan fingerprint density at radius 1 is 1.48 bits per heavy atom. The van der Waals surface area contributed by atoms with E-state index < -0.39 is 5.97 Å². The second kappa shape index (κ2) is 5.24. The summed E-state index contributed by atoms with van der Waals surface area (Å²) in [5.41, 5.74) is 2.62. The number of carbonyl (C=O) groups is 2. The van der Waals surface area contributed by atoms with Crippen LogP contribution < -0.4 is 0 Å². The number of rotatable bonds is 4. The van der Waals surface area contributed by atoms with Crippen LogP contribution >= 0.6 is 0 Å². The number of nitrogens with zero attached hydrogens (tertiary/aromatic N) is 2. The van der Waals surface area contributed by atoms with E-state index in [1.54, 1.807) is 24.0 Å². The van der Waals surface area contributed by atoms with E-state index in [0.29, 0.717) is 17.7 Å². The molecule has 0 unspecified atom stereocenters. The second-order valence-corrected chi connectivity index (χ2v) is 4.49. The lowest BCUT2D eigenvalue weighted by molar-refractivity contribution is 0.0526. The SMILES string of the molecule is CCOC(=O)c1cnn(-c2ccc3[nH]cc(C=O)c3c2)c1. The molecule has 2 aromatic heterocycles. The third-order valence-electron chi connectivity index (χ3n) is 3.18. The van der Waals surface area contributed by atoms with Crippen molar-refractivity contribution in [3.63, 3.8) is 0 Å². The molecule has 0 atom stereocenters. The van der Waals surface area contributed by atoms with Crippen LogP contribution in [0.15, 0.2) is 36.8 Å². The first-order valence-electron chi connectivity index (χ1n) is 6.51. The molecule has 0 saturated heterocycles. The number of carbonyl (C=O) groups excluding carboxylic acids is 2. The monoisotopic (exact) mass is 283 g/mol. The summed E-state index contributed by atoms with van der Waals surface area (Å²) < 4.78 is 6.50. The van der Waals surface area contributed by atoms with E-state index in [-0.39, 0.29) is 0 Å². The number of benzene rings is 1. The molecule has 3 aromatic rings. The fourth-order valence-corrected chi connectivity index (χ4v) is 2.15. The van der Waals surface area contributed by atoms with Gasteiger partial charge in [-0.25, -0.2) is 9.48 Å². The van der Waals surface area contributed by atoms with Crippen molar-refractivity contribution in [3.05, 3.63) is 47.9 Å². The van der Waals surface area contributed by atoms with E-state index in [2.05, 4.69) is 10.1 Å². The van der Waals surface area contributed by atoms with Crippen LogP contribution in [0.4, 0.5) is 0 Å². The Balaban J connectivity index is 2.00. The highest BCUT2D eigenvalue weighted by atomic mass is 16.5. The summed E-state index contributed by atoms with van der Waals surface area (Å²) in [4.78, 5) is 25.6. The van der Waals surface area contributed by atoms with E-state index in [0.717, 1.165) is 22.9 Å². The van der Waals surface area contributed by atoms with Gasteiger partial charge in [-0.1, -0.05) is 0 Å². The van der Waals surface area contributed by atoms with Crippen LogP contribution in [0.25, 0.3) is 16.6 Å². The predicted octanol–water partition coefficient (Wildman–Crippen LogP) is 2.34. The van der Waals surface area contributed by atoms with Gasteiger partial charge in [0.2, 0.25) is 0 Å². The number of aromatic nitrogens is 3. The van der Waals surface area contributed by atoms with Crippen molar-refractivity contribution < 1.29 is 14.3 Å². The zero-order valence-corrected chi connectivity index (χ0v) is 11.4. The topological polar surface area (TPSA) is 77.0 Å². The van der Waals surface area contributed by atoms with Crippen LogP contribution in [-0.2, 0) is 4.74 Å². The molecule has 0 aliphatic heterocycles. The Morgan fingerprint density at radius 3 is 3.10 bits per heavy atom. The van der Waals surface area contributed by atoms with E-state index in [9.17, 15) is 9.59 Å². The molecule has 0 saturated carbocycles. The summed E-state index contributed by atoms with van der Waals surface area (Å²) in [5, 5.41) is 4.97. The lowest BCUT2D eigenvalue weighted by atomic mass is 10.1. The highest BCUT2D eigenvalue weighted by Crippen LogP contribution is 2.20. The summed E-state index contributed by atoms with van der Waals surface area (Å²) >= 11 is 0. The molecule has 2 heterocycles. The van der Waals surface area contributed by atoms with E-state index in [4.69, 9.17) is 4.74 Å². The highest BCUT2D eigenvalue weighted by molar-refractivity contribution is 5.98. The van der Waals surface area contributed by atoms with Crippen LogP contribution in [0.3, 0.4) is 0 Å². The van der Waals surface area contributed by atoms with E-state index in [1.165, 1.54) is 6.20 Å². The molecule has 6 heteroatoms. The first kappa shape index (κ1) is 13.1. The van der Waals surface area contributed by atoms with Crippen LogP contribution in [-0.4, -0.2) is 33.6 Å². The molecule has 0 aliphatic carbocycles. The molecule has 1 N–H and O–H groups in total. The first-order chi connectivity index (χ1) is 10.2. The van der Waals surface area contributed by atoms with Gasteiger partial charge in [0.05, 0.1) is 24.1 Å². The van der Waals surface area contributed by atoms with Gasteiger partial charge in [0.15, 0.2) is 6.29 Å². The molecule has 6 nitrogen and oxygen atoms in total. The van der Waals surface area contributed by atoms with Crippen molar-refractivity contribution in [2.24, 2.45) is 0 Å². The van der Waals surface area contributed by atoms with Crippen LogP contribution in [0, 0.1) is 0 Å². The maximum Gasteiger partial charge on any atom is 0.341 e. The summed E-state index contributed by atoms with van der Waals surface area (Å²) in [7, 11) is 0. The molecule has 0 radical (unpaired) electrons.